The average molecular weight is 442 g/mol. The third-order valence-electron chi connectivity index (χ3n) is 5.83. The number of nitrogens with one attached hydrogen (secondary N) is 3. The molecule has 0 saturated heterocycles. The molecule has 33 heavy (non-hydrogen) atoms. The van der Waals surface area contributed by atoms with Crippen molar-refractivity contribution in [2.75, 3.05) is 10.6 Å². The van der Waals surface area contributed by atoms with Crippen LogP contribution < -0.4 is 16.0 Å². The van der Waals surface area contributed by atoms with Gasteiger partial charge in [-0.2, -0.15) is 0 Å². The fourth-order valence-corrected chi connectivity index (χ4v) is 4.04. The van der Waals surface area contributed by atoms with Crippen LogP contribution in [0.3, 0.4) is 0 Å². The van der Waals surface area contributed by atoms with Crippen molar-refractivity contribution in [3.63, 3.8) is 0 Å². The van der Waals surface area contributed by atoms with Crippen molar-refractivity contribution in [3.05, 3.63) is 95.6 Å². The van der Waals surface area contributed by atoms with Gasteiger partial charge in [-0.05, 0) is 54.8 Å². The topological polar surface area (TPSA) is 87.3 Å². The molecule has 0 radical (unpaired) electrons. The molecule has 0 bridgehead atoms. The first-order chi connectivity index (χ1) is 16.1. The van der Waals surface area contributed by atoms with Crippen LogP contribution in [0.5, 0.6) is 0 Å². The molecule has 6 nitrogen and oxygen atoms in total. The highest BCUT2D eigenvalue weighted by atomic mass is 16.2. The van der Waals surface area contributed by atoms with Gasteiger partial charge in [0.1, 0.15) is 0 Å². The summed E-state index contributed by atoms with van der Waals surface area (Å²) in [6, 6.07) is 23.2. The summed E-state index contributed by atoms with van der Waals surface area (Å²) in [6.07, 6.45) is 4.11. The Hall–Kier alpha value is -3.93. The molecule has 1 aliphatic rings. The highest BCUT2D eigenvalue weighted by Crippen LogP contribution is 2.26. The predicted octanol–water partition coefficient (Wildman–Crippen LogP) is 5.00. The van der Waals surface area contributed by atoms with Crippen LogP contribution in [0.1, 0.15) is 52.0 Å². The van der Waals surface area contributed by atoms with Crippen molar-refractivity contribution in [2.24, 2.45) is 5.92 Å². The summed E-state index contributed by atoms with van der Waals surface area (Å²) in [5.74, 6) is -0.409. The van der Waals surface area contributed by atoms with Crippen LogP contribution in [0.2, 0.25) is 0 Å². The van der Waals surface area contributed by atoms with E-state index in [9.17, 15) is 14.4 Å². The number of amides is 3. The zero-order chi connectivity index (χ0) is 23.0. The fourth-order valence-electron chi connectivity index (χ4n) is 4.04. The summed E-state index contributed by atoms with van der Waals surface area (Å²) in [6.45, 7) is 0.299. The third kappa shape index (κ3) is 5.86. The second kappa shape index (κ2) is 10.6. The maximum Gasteiger partial charge on any atom is 0.255 e. The van der Waals surface area contributed by atoms with E-state index in [0.29, 0.717) is 23.4 Å². The summed E-state index contributed by atoms with van der Waals surface area (Å²) >= 11 is 0. The van der Waals surface area contributed by atoms with Gasteiger partial charge in [0.05, 0.1) is 11.3 Å². The van der Waals surface area contributed by atoms with Crippen LogP contribution in [0.15, 0.2) is 78.9 Å². The molecule has 4 rings (SSSR count). The molecule has 0 atom stereocenters. The van der Waals surface area contributed by atoms with E-state index in [2.05, 4.69) is 16.0 Å². The van der Waals surface area contributed by atoms with Crippen LogP contribution in [-0.4, -0.2) is 17.7 Å². The average Bonchev–Trinajstić information content (AvgIpc) is 3.39. The second-order valence-electron chi connectivity index (χ2n) is 8.22. The van der Waals surface area contributed by atoms with Gasteiger partial charge in [-0.25, -0.2) is 0 Å². The van der Waals surface area contributed by atoms with Crippen LogP contribution >= 0.6 is 0 Å². The van der Waals surface area contributed by atoms with Crippen LogP contribution in [0.4, 0.5) is 11.4 Å². The van der Waals surface area contributed by atoms with Gasteiger partial charge < -0.3 is 16.0 Å². The molecule has 3 aromatic carbocycles. The number of rotatable bonds is 7. The van der Waals surface area contributed by atoms with Crippen molar-refractivity contribution in [1.29, 1.82) is 0 Å². The fraction of sp³-hybridized carbons (Fsp3) is 0.222. The maximum absolute atomic E-state index is 12.9. The van der Waals surface area contributed by atoms with E-state index in [1.165, 1.54) is 0 Å². The molecule has 3 amide bonds. The van der Waals surface area contributed by atoms with E-state index in [4.69, 9.17) is 0 Å². The number of para-hydroxylation sites is 1. The molecule has 3 N–H and O–H groups in total. The SMILES string of the molecule is O=C(Nc1ccccc1C(=O)NCc1cccc(NC(=O)C2CCCC2)c1)c1ccccc1. The van der Waals surface area contributed by atoms with E-state index < -0.39 is 0 Å². The maximum atomic E-state index is 12.9. The third-order valence-corrected chi connectivity index (χ3v) is 5.83. The molecule has 168 valence electrons. The van der Waals surface area contributed by atoms with E-state index in [1.807, 2.05) is 30.3 Å². The van der Waals surface area contributed by atoms with E-state index in [0.717, 1.165) is 36.9 Å². The van der Waals surface area contributed by atoms with Gasteiger partial charge in [0, 0.05) is 23.7 Å². The van der Waals surface area contributed by atoms with Gasteiger partial charge in [-0.1, -0.05) is 55.3 Å². The molecule has 0 aliphatic heterocycles. The highest BCUT2D eigenvalue weighted by molar-refractivity contribution is 6.09. The molecule has 0 heterocycles. The molecular formula is C27H27N3O3. The van der Waals surface area contributed by atoms with Crippen LogP contribution in [0.25, 0.3) is 0 Å². The Kier molecular flexibility index (Phi) is 7.15. The molecule has 0 unspecified atom stereocenters. The van der Waals surface area contributed by atoms with Crippen molar-refractivity contribution in [2.45, 2.75) is 32.2 Å². The molecule has 1 saturated carbocycles. The number of hydrogen-bond donors (Lipinski definition) is 3. The first-order valence-electron chi connectivity index (χ1n) is 11.2. The molecule has 0 aromatic heterocycles. The summed E-state index contributed by atoms with van der Waals surface area (Å²) < 4.78 is 0. The Labute approximate surface area is 193 Å². The number of carbonyl (C=O) groups is 3. The minimum Gasteiger partial charge on any atom is -0.348 e. The number of benzene rings is 3. The van der Waals surface area contributed by atoms with Crippen molar-refractivity contribution < 1.29 is 14.4 Å². The largest absolute Gasteiger partial charge is 0.348 e. The first kappa shape index (κ1) is 22.3. The monoisotopic (exact) mass is 441 g/mol. The minimum absolute atomic E-state index is 0.0665. The molecule has 0 spiro atoms. The lowest BCUT2D eigenvalue weighted by molar-refractivity contribution is -0.119. The van der Waals surface area contributed by atoms with E-state index >= 15 is 0 Å². The zero-order valence-electron chi connectivity index (χ0n) is 18.3. The molecule has 1 fully saturated rings. The number of anilines is 2. The second-order valence-corrected chi connectivity index (χ2v) is 8.22. The Morgan fingerprint density at radius 3 is 2.27 bits per heavy atom. The van der Waals surface area contributed by atoms with Crippen LogP contribution in [-0.2, 0) is 11.3 Å². The van der Waals surface area contributed by atoms with Gasteiger partial charge in [0.2, 0.25) is 5.91 Å². The quantitative estimate of drug-likeness (QED) is 0.482. The van der Waals surface area contributed by atoms with E-state index in [-0.39, 0.29) is 23.6 Å². The van der Waals surface area contributed by atoms with Crippen molar-refractivity contribution in [3.8, 4) is 0 Å². The summed E-state index contributed by atoms with van der Waals surface area (Å²) in [4.78, 5) is 37.8. The summed E-state index contributed by atoms with van der Waals surface area (Å²) in [5.41, 5.74) is 2.95. The Morgan fingerprint density at radius 2 is 1.48 bits per heavy atom. The molecule has 1 aliphatic carbocycles. The van der Waals surface area contributed by atoms with Crippen molar-refractivity contribution in [1.82, 2.24) is 5.32 Å². The Balaban J connectivity index is 1.38. The summed E-state index contributed by atoms with van der Waals surface area (Å²) in [5, 5.41) is 8.71. The Morgan fingerprint density at radius 1 is 0.758 bits per heavy atom. The lowest BCUT2D eigenvalue weighted by Crippen LogP contribution is -2.25. The van der Waals surface area contributed by atoms with Crippen molar-refractivity contribution >= 4 is 29.1 Å². The van der Waals surface area contributed by atoms with Crippen LogP contribution in [0, 0.1) is 5.92 Å². The summed E-state index contributed by atoms with van der Waals surface area (Å²) in [7, 11) is 0. The number of hydrogen-bond acceptors (Lipinski definition) is 3. The Bertz CT molecular complexity index is 1140. The van der Waals surface area contributed by atoms with Gasteiger partial charge >= 0.3 is 0 Å². The zero-order valence-corrected chi connectivity index (χ0v) is 18.3. The highest BCUT2D eigenvalue weighted by Gasteiger charge is 2.22. The van der Waals surface area contributed by atoms with Gasteiger partial charge in [0.15, 0.2) is 0 Å². The number of carbonyl (C=O) groups excluding carboxylic acids is 3. The standard InChI is InChI=1S/C27H27N3O3/c31-25(20-12-4-5-13-20)29-22-14-8-9-19(17-22)18-28-27(33)23-15-6-7-16-24(23)30-26(32)21-10-2-1-3-11-21/h1-3,6-11,14-17,20H,4-5,12-13,18H2,(H,28,33)(H,29,31)(H,30,32). The van der Waals surface area contributed by atoms with Gasteiger partial charge in [0.25, 0.3) is 11.8 Å². The van der Waals surface area contributed by atoms with Gasteiger partial charge in [-0.3, -0.25) is 14.4 Å². The van der Waals surface area contributed by atoms with Gasteiger partial charge in [-0.15, -0.1) is 0 Å². The molecule has 6 heteroatoms. The molecular weight excluding hydrogens is 414 g/mol. The lowest BCUT2D eigenvalue weighted by atomic mass is 10.1. The minimum atomic E-state index is -0.292. The first-order valence-corrected chi connectivity index (χ1v) is 11.2. The normalized spacial score (nSPS) is 13.3. The predicted molar refractivity (Wildman–Crippen MR) is 129 cm³/mol. The van der Waals surface area contributed by atoms with E-state index in [1.54, 1.807) is 48.5 Å². The smallest absolute Gasteiger partial charge is 0.255 e. The lowest BCUT2D eigenvalue weighted by Gasteiger charge is -2.13. The molecule has 3 aromatic rings.